The molecule has 1 aliphatic rings. The molecule has 1 atom stereocenters. The summed E-state index contributed by atoms with van der Waals surface area (Å²) >= 11 is 0. The van der Waals surface area contributed by atoms with E-state index in [-0.39, 0.29) is 17.5 Å². The van der Waals surface area contributed by atoms with E-state index < -0.39 is 0 Å². The molecule has 0 bridgehead atoms. The predicted molar refractivity (Wildman–Crippen MR) is 123 cm³/mol. The maximum absolute atomic E-state index is 12.7. The number of hydrogen-bond acceptors (Lipinski definition) is 7. The van der Waals surface area contributed by atoms with Gasteiger partial charge < -0.3 is 10.2 Å². The van der Waals surface area contributed by atoms with Gasteiger partial charge in [0.05, 0.1) is 11.9 Å². The average Bonchev–Trinajstić information content (AvgIpc) is 3.22. The standard InChI is InChI=1S/C22H28N8O2/c1-4-18-15-29(19(31)5-2)9-8-28(18)10-11-30-20(32)7-6-16-12-23-22(26-21(16)30)25-17-13-24-27(3)14-17/h5-7,12-14,18H,2,4,8-11,15H2,1,3H3,(H,23,25,26). The Morgan fingerprint density at radius 1 is 1.28 bits per heavy atom. The third-order valence-electron chi connectivity index (χ3n) is 5.86. The normalized spacial score (nSPS) is 16.9. The van der Waals surface area contributed by atoms with Gasteiger partial charge in [-0.2, -0.15) is 10.1 Å². The van der Waals surface area contributed by atoms with Gasteiger partial charge >= 0.3 is 0 Å². The SMILES string of the molecule is C=CC(=O)N1CCN(CCn2c(=O)ccc3cnc(Nc4cnn(C)c4)nc32)C(CC)C1. The number of carbonyl (C=O) groups excluding carboxylic acids is 1. The van der Waals surface area contributed by atoms with Gasteiger partial charge in [-0.15, -0.1) is 0 Å². The fourth-order valence-corrected chi connectivity index (χ4v) is 4.09. The summed E-state index contributed by atoms with van der Waals surface area (Å²) in [4.78, 5) is 37.8. The second kappa shape index (κ2) is 9.31. The number of rotatable bonds is 7. The van der Waals surface area contributed by atoms with Crippen LogP contribution in [0.3, 0.4) is 0 Å². The molecule has 3 aromatic heterocycles. The molecule has 1 aliphatic heterocycles. The summed E-state index contributed by atoms with van der Waals surface area (Å²) in [6.45, 7) is 9.01. The van der Waals surface area contributed by atoms with Crippen molar-refractivity contribution in [1.82, 2.24) is 34.1 Å². The fraction of sp³-hybridized carbons (Fsp3) is 0.409. The molecule has 1 saturated heterocycles. The molecule has 0 aromatic carbocycles. The van der Waals surface area contributed by atoms with Gasteiger partial charge in [-0.1, -0.05) is 13.5 Å². The van der Waals surface area contributed by atoms with Crippen LogP contribution in [0.1, 0.15) is 13.3 Å². The maximum atomic E-state index is 12.7. The van der Waals surface area contributed by atoms with E-state index in [4.69, 9.17) is 0 Å². The summed E-state index contributed by atoms with van der Waals surface area (Å²) in [5.41, 5.74) is 1.26. The van der Waals surface area contributed by atoms with Gasteiger partial charge in [-0.05, 0) is 18.6 Å². The summed E-state index contributed by atoms with van der Waals surface area (Å²) in [7, 11) is 1.83. The lowest BCUT2D eigenvalue weighted by Crippen LogP contribution is -2.55. The van der Waals surface area contributed by atoms with E-state index in [0.717, 1.165) is 24.0 Å². The molecule has 1 amide bonds. The van der Waals surface area contributed by atoms with Crippen molar-refractivity contribution in [2.45, 2.75) is 25.9 Å². The molecule has 10 heteroatoms. The van der Waals surface area contributed by atoms with Gasteiger partial charge in [0.1, 0.15) is 5.65 Å². The number of piperazine rings is 1. The lowest BCUT2D eigenvalue weighted by atomic mass is 10.1. The van der Waals surface area contributed by atoms with Crippen LogP contribution in [0.5, 0.6) is 0 Å². The van der Waals surface area contributed by atoms with Crippen LogP contribution < -0.4 is 10.9 Å². The summed E-state index contributed by atoms with van der Waals surface area (Å²) < 4.78 is 3.38. The molecular formula is C22H28N8O2. The molecule has 1 unspecified atom stereocenters. The van der Waals surface area contributed by atoms with Crippen LogP contribution >= 0.6 is 0 Å². The number of carbonyl (C=O) groups is 1. The second-order valence-electron chi connectivity index (χ2n) is 7.91. The van der Waals surface area contributed by atoms with Crippen molar-refractivity contribution in [1.29, 1.82) is 0 Å². The Hall–Kier alpha value is -3.53. The minimum Gasteiger partial charge on any atom is -0.336 e. The molecule has 0 aliphatic carbocycles. The van der Waals surface area contributed by atoms with Crippen LogP contribution in [0.15, 0.2) is 48.2 Å². The van der Waals surface area contributed by atoms with Gasteiger partial charge in [0.2, 0.25) is 11.9 Å². The third kappa shape index (κ3) is 4.54. The number of aryl methyl sites for hydroxylation is 1. The third-order valence-corrected chi connectivity index (χ3v) is 5.86. The number of hydrogen-bond donors (Lipinski definition) is 1. The number of pyridine rings is 1. The summed E-state index contributed by atoms with van der Waals surface area (Å²) in [6, 6.07) is 3.55. The number of fused-ring (bicyclic) bond motifs is 1. The first-order valence-corrected chi connectivity index (χ1v) is 10.8. The predicted octanol–water partition coefficient (Wildman–Crippen LogP) is 1.38. The molecule has 4 rings (SSSR count). The topological polar surface area (TPSA) is 101 Å². The number of anilines is 2. The van der Waals surface area contributed by atoms with Crippen LogP contribution in [0.25, 0.3) is 11.0 Å². The van der Waals surface area contributed by atoms with Crippen LogP contribution in [0.2, 0.25) is 0 Å². The highest BCUT2D eigenvalue weighted by molar-refractivity contribution is 5.87. The lowest BCUT2D eigenvalue weighted by Gasteiger charge is -2.41. The first kappa shape index (κ1) is 21.7. The van der Waals surface area contributed by atoms with Crippen molar-refractivity contribution < 1.29 is 4.79 Å². The molecule has 10 nitrogen and oxygen atoms in total. The van der Waals surface area contributed by atoms with Crippen LogP contribution in [0, 0.1) is 0 Å². The van der Waals surface area contributed by atoms with Crippen LogP contribution in [-0.4, -0.2) is 72.2 Å². The summed E-state index contributed by atoms with van der Waals surface area (Å²) in [5.74, 6) is 0.381. The van der Waals surface area contributed by atoms with E-state index in [0.29, 0.717) is 37.8 Å². The Morgan fingerprint density at radius 2 is 2.12 bits per heavy atom. The zero-order chi connectivity index (χ0) is 22.7. The highest BCUT2D eigenvalue weighted by Gasteiger charge is 2.27. The molecule has 4 heterocycles. The van der Waals surface area contributed by atoms with Crippen molar-refractivity contribution in [3.05, 3.63) is 53.7 Å². The van der Waals surface area contributed by atoms with E-state index in [2.05, 4.69) is 38.8 Å². The highest BCUT2D eigenvalue weighted by Crippen LogP contribution is 2.17. The second-order valence-corrected chi connectivity index (χ2v) is 7.91. The molecular weight excluding hydrogens is 408 g/mol. The van der Waals surface area contributed by atoms with Gasteiger partial charge in [-0.3, -0.25) is 23.7 Å². The van der Waals surface area contributed by atoms with Crippen molar-refractivity contribution in [3.8, 4) is 0 Å². The smallest absolute Gasteiger partial charge is 0.252 e. The van der Waals surface area contributed by atoms with Crippen molar-refractivity contribution in [2.24, 2.45) is 7.05 Å². The van der Waals surface area contributed by atoms with Gasteiger partial charge in [-0.25, -0.2) is 4.98 Å². The first-order valence-electron chi connectivity index (χ1n) is 10.8. The monoisotopic (exact) mass is 436 g/mol. The number of amides is 1. The van der Waals surface area contributed by atoms with Gasteiger partial charge in [0, 0.05) is 69.7 Å². The number of nitrogens with zero attached hydrogens (tertiary/aromatic N) is 7. The largest absolute Gasteiger partial charge is 0.336 e. The Kier molecular flexibility index (Phi) is 6.31. The number of aromatic nitrogens is 5. The van der Waals surface area contributed by atoms with Crippen LogP contribution in [0.4, 0.5) is 11.6 Å². The van der Waals surface area contributed by atoms with E-state index in [1.807, 2.05) is 18.1 Å². The van der Waals surface area contributed by atoms with Gasteiger partial charge in [0.15, 0.2) is 0 Å². The summed E-state index contributed by atoms with van der Waals surface area (Å²) in [5, 5.41) is 8.06. The molecule has 1 fully saturated rings. The van der Waals surface area contributed by atoms with Crippen molar-refractivity contribution in [2.75, 3.05) is 31.5 Å². The van der Waals surface area contributed by atoms with Gasteiger partial charge in [0.25, 0.3) is 5.56 Å². The van der Waals surface area contributed by atoms with E-state index in [1.165, 1.54) is 6.08 Å². The Bertz CT molecular complexity index is 1180. The fourth-order valence-electron chi connectivity index (χ4n) is 4.09. The molecule has 32 heavy (non-hydrogen) atoms. The minimum absolute atomic E-state index is 0.0290. The van der Waals surface area contributed by atoms with E-state index in [1.54, 1.807) is 33.8 Å². The average molecular weight is 437 g/mol. The summed E-state index contributed by atoms with van der Waals surface area (Å²) in [6.07, 6.45) is 7.52. The van der Waals surface area contributed by atoms with Crippen LogP contribution in [-0.2, 0) is 18.4 Å². The zero-order valence-electron chi connectivity index (χ0n) is 18.4. The lowest BCUT2D eigenvalue weighted by molar-refractivity contribution is -0.129. The zero-order valence-corrected chi connectivity index (χ0v) is 18.4. The molecule has 0 saturated carbocycles. The minimum atomic E-state index is -0.1000. The van der Waals surface area contributed by atoms with Crippen molar-refractivity contribution in [3.63, 3.8) is 0 Å². The van der Waals surface area contributed by atoms with Crippen molar-refractivity contribution >= 4 is 28.6 Å². The van der Waals surface area contributed by atoms with E-state index in [9.17, 15) is 9.59 Å². The number of nitrogens with one attached hydrogen (secondary N) is 1. The Morgan fingerprint density at radius 3 is 2.84 bits per heavy atom. The molecule has 1 N–H and O–H groups in total. The van der Waals surface area contributed by atoms with E-state index >= 15 is 0 Å². The Balaban J connectivity index is 1.53. The molecule has 168 valence electrons. The molecule has 0 radical (unpaired) electrons. The quantitative estimate of drug-likeness (QED) is 0.558. The maximum Gasteiger partial charge on any atom is 0.252 e. The Labute approximate surface area is 186 Å². The first-order chi connectivity index (χ1) is 15.5. The highest BCUT2D eigenvalue weighted by atomic mass is 16.2. The molecule has 0 spiro atoms. The molecule has 3 aromatic rings.